The average molecular weight is 357 g/mol. The Labute approximate surface area is 156 Å². The second kappa shape index (κ2) is 9.36. The van der Waals surface area contributed by atoms with Crippen LogP contribution in [-0.4, -0.2) is 36.7 Å². The number of hydrogen-bond donors (Lipinski definition) is 2. The standard InChI is InChI=1S/C21H44N2O2/c1-18(2,3)11-12-21(9,10)25-16-13-20(7,8)17(24)22-14-15-23-19(4,5)6/h23H,11-16H2,1-10H3,(H,22,24). The first-order valence-electron chi connectivity index (χ1n) is 9.71. The highest BCUT2D eigenvalue weighted by atomic mass is 16.5. The normalized spacial score (nSPS) is 13.8. The van der Waals surface area contributed by atoms with Crippen molar-refractivity contribution in [2.45, 2.75) is 99.6 Å². The van der Waals surface area contributed by atoms with Crippen molar-refractivity contribution in [2.75, 3.05) is 19.7 Å². The highest BCUT2D eigenvalue weighted by Crippen LogP contribution is 2.28. The van der Waals surface area contributed by atoms with Crippen LogP contribution >= 0.6 is 0 Å². The largest absolute Gasteiger partial charge is 0.376 e. The van der Waals surface area contributed by atoms with Crippen LogP contribution < -0.4 is 10.6 Å². The summed E-state index contributed by atoms with van der Waals surface area (Å²) in [5.41, 5.74) is -0.161. The van der Waals surface area contributed by atoms with Crippen LogP contribution in [0.3, 0.4) is 0 Å². The Morgan fingerprint density at radius 2 is 1.36 bits per heavy atom. The monoisotopic (exact) mass is 356 g/mol. The number of amides is 1. The quantitative estimate of drug-likeness (QED) is 0.566. The number of rotatable bonds is 10. The fraction of sp³-hybridized carbons (Fsp3) is 0.952. The van der Waals surface area contributed by atoms with Gasteiger partial charge in [0.15, 0.2) is 0 Å². The Morgan fingerprint density at radius 1 is 0.800 bits per heavy atom. The van der Waals surface area contributed by atoms with Gasteiger partial charge in [-0.2, -0.15) is 0 Å². The van der Waals surface area contributed by atoms with E-state index in [1.807, 2.05) is 13.8 Å². The molecule has 0 saturated carbocycles. The molecule has 0 rings (SSSR count). The molecule has 0 aromatic heterocycles. The topological polar surface area (TPSA) is 50.4 Å². The van der Waals surface area contributed by atoms with E-state index in [0.29, 0.717) is 18.6 Å². The molecule has 1 amide bonds. The Hall–Kier alpha value is -0.610. The minimum absolute atomic E-state index is 0.0761. The van der Waals surface area contributed by atoms with Gasteiger partial charge >= 0.3 is 0 Å². The summed E-state index contributed by atoms with van der Waals surface area (Å²) < 4.78 is 6.09. The summed E-state index contributed by atoms with van der Waals surface area (Å²) in [7, 11) is 0. The lowest BCUT2D eigenvalue weighted by molar-refractivity contribution is -0.131. The molecule has 0 heterocycles. The van der Waals surface area contributed by atoms with Gasteiger partial charge in [-0.15, -0.1) is 0 Å². The van der Waals surface area contributed by atoms with Gasteiger partial charge in [-0.05, 0) is 59.3 Å². The third-order valence-electron chi connectivity index (χ3n) is 4.38. The van der Waals surface area contributed by atoms with Gasteiger partial charge in [-0.25, -0.2) is 0 Å². The lowest BCUT2D eigenvalue weighted by Gasteiger charge is -2.31. The smallest absolute Gasteiger partial charge is 0.225 e. The molecule has 0 saturated heterocycles. The zero-order valence-electron chi connectivity index (χ0n) is 18.6. The van der Waals surface area contributed by atoms with Crippen molar-refractivity contribution in [3.05, 3.63) is 0 Å². The summed E-state index contributed by atoms with van der Waals surface area (Å²) in [6.45, 7) is 23.4. The van der Waals surface area contributed by atoms with Crippen molar-refractivity contribution in [1.82, 2.24) is 10.6 Å². The summed E-state index contributed by atoms with van der Waals surface area (Å²) in [6, 6.07) is 0. The molecule has 0 aliphatic rings. The van der Waals surface area contributed by atoms with Crippen LogP contribution in [0.15, 0.2) is 0 Å². The molecule has 0 aromatic rings. The highest BCUT2D eigenvalue weighted by molar-refractivity contribution is 5.81. The lowest BCUT2D eigenvalue weighted by Crippen LogP contribution is -2.44. The molecule has 0 aromatic carbocycles. The minimum atomic E-state index is -0.415. The Morgan fingerprint density at radius 3 is 1.84 bits per heavy atom. The molecule has 0 unspecified atom stereocenters. The van der Waals surface area contributed by atoms with Gasteiger partial charge in [0.25, 0.3) is 0 Å². The van der Waals surface area contributed by atoms with Crippen LogP contribution in [0, 0.1) is 10.8 Å². The van der Waals surface area contributed by atoms with Crippen molar-refractivity contribution < 1.29 is 9.53 Å². The van der Waals surface area contributed by atoms with Gasteiger partial charge in [-0.1, -0.05) is 34.6 Å². The zero-order valence-corrected chi connectivity index (χ0v) is 18.6. The Balaban J connectivity index is 4.19. The van der Waals surface area contributed by atoms with Crippen molar-refractivity contribution in [1.29, 1.82) is 0 Å². The maximum Gasteiger partial charge on any atom is 0.225 e. The van der Waals surface area contributed by atoms with Crippen molar-refractivity contribution in [3.63, 3.8) is 0 Å². The first-order chi connectivity index (χ1) is 11.0. The van der Waals surface area contributed by atoms with Gasteiger partial charge in [0.1, 0.15) is 0 Å². The van der Waals surface area contributed by atoms with Crippen LogP contribution in [0.1, 0.15) is 88.5 Å². The maximum absolute atomic E-state index is 12.4. The first-order valence-corrected chi connectivity index (χ1v) is 9.71. The number of carbonyl (C=O) groups excluding carboxylic acids is 1. The van der Waals surface area contributed by atoms with Crippen molar-refractivity contribution in [2.24, 2.45) is 10.8 Å². The minimum Gasteiger partial charge on any atom is -0.376 e. The molecule has 0 fully saturated rings. The van der Waals surface area contributed by atoms with E-state index in [-0.39, 0.29) is 17.0 Å². The molecular formula is C21H44N2O2. The van der Waals surface area contributed by atoms with Gasteiger partial charge in [-0.3, -0.25) is 4.79 Å². The van der Waals surface area contributed by atoms with Crippen LogP contribution in [-0.2, 0) is 9.53 Å². The predicted octanol–water partition coefficient (Wildman–Crippen LogP) is 4.53. The molecule has 0 spiro atoms. The van der Waals surface area contributed by atoms with E-state index in [9.17, 15) is 4.79 Å². The maximum atomic E-state index is 12.4. The Kier molecular flexibility index (Phi) is 9.13. The number of hydrogen-bond acceptors (Lipinski definition) is 3. The summed E-state index contributed by atoms with van der Waals surface area (Å²) in [6.07, 6.45) is 2.89. The average Bonchev–Trinajstić information content (AvgIpc) is 2.39. The first kappa shape index (κ1) is 24.4. The van der Waals surface area contributed by atoms with Crippen LogP contribution in [0.5, 0.6) is 0 Å². The Bertz CT molecular complexity index is 401. The molecule has 0 aliphatic heterocycles. The molecule has 0 aliphatic carbocycles. The van der Waals surface area contributed by atoms with E-state index in [0.717, 1.165) is 25.8 Å². The SMILES string of the molecule is CC(C)(C)CCC(C)(C)OCCC(C)(C)C(=O)NCCNC(C)(C)C. The summed E-state index contributed by atoms with van der Waals surface area (Å²) in [4.78, 5) is 12.4. The van der Waals surface area contributed by atoms with Gasteiger partial charge < -0.3 is 15.4 Å². The van der Waals surface area contributed by atoms with E-state index < -0.39 is 5.41 Å². The molecule has 25 heavy (non-hydrogen) atoms. The second-order valence-corrected chi connectivity index (χ2v) is 10.7. The van der Waals surface area contributed by atoms with Crippen LogP contribution in [0.4, 0.5) is 0 Å². The number of carbonyl (C=O) groups is 1. The predicted molar refractivity (Wildman–Crippen MR) is 108 cm³/mol. The highest BCUT2D eigenvalue weighted by Gasteiger charge is 2.29. The molecular weight excluding hydrogens is 312 g/mol. The van der Waals surface area contributed by atoms with E-state index >= 15 is 0 Å². The zero-order chi connectivity index (χ0) is 19.9. The third-order valence-corrected chi connectivity index (χ3v) is 4.38. The summed E-state index contributed by atoms with van der Waals surface area (Å²) >= 11 is 0. The summed E-state index contributed by atoms with van der Waals surface area (Å²) in [5.74, 6) is 0.0966. The van der Waals surface area contributed by atoms with E-state index in [1.165, 1.54) is 0 Å². The van der Waals surface area contributed by atoms with Gasteiger partial charge in [0, 0.05) is 30.7 Å². The molecule has 0 atom stereocenters. The lowest BCUT2D eigenvalue weighted by atomic mass is 9.85. The van der Waals surface area contributed by atoms with Crippen molar-refractivity contribution in [3.8, 4) is 0 Å². The van der Waals surface area contributed by atoms with E-state index in [2.05, 4.69) is 66.0 Å². The molecule has 0 bridgehead atoms. The van der Waals surface area contributed by atoms with Crippen molar-refractivity contribution >= 4 is 5.91 Å². The van der Waals surface area contributed by atoms with E-state index in [1.54, 1.807) is 0 Å². The number of nitrogens with one attached hydrogen (secondary N) is 2. The van der Waals surface area contributed by atoms with Gasteiger partial charge in [0.2, 0.25) is 5.91 Å². The fourth-order valence-corrected chi connectivity index (χ4v) is 2.30. The molecule has 2 N–H and O–H groups in total. The number of ether oxygens (including phenoxy) is 1. The van der Waals surface area contributed by atoms with E-state index in [4.69, 9.17) is 4.74 Å². The van der Waals surface area contributed by atoms with Gasteiger partial charge in [0.05, 0.1) is 5.60 Å². The molecule has 4 nitrogen and oxygen atoms in total. The van der Waals surface area contributed by atoms with Crippen LogP contribution in [0.2, 0.25) is 0 Å². The summed E-state index contributed by atoms with van der Waals surface area (Å²) in [5, 5.41) is 6.41. The molecule has 0 radical (unpaired) electrons. The fourth-order valence-electron chi connectivity index (χ4n) is 2.30. The third kappa shape index (κ3) is 13.3. The second-order valence-electron chi connectivity index (χ2n) is 10.7. The molecule has 150 valence electrons. The van der Waals surface area contributed by atoms with Crippen LogP contribution in [0.25, 0.3) is 0 Å². The molecule has 4 heteroatoms.